The van der Waals surface area contributed by atoms with Crippen molar-refractivity contribution in [3.8, 4) is 11.1 Å². The summed E-state index contributed by atoms with van der Waals surface area (Å²) in [7, 11) is 0. The van der Waals surface area contributed by atoms with Gasteiger partial charge in [0, 0.05) is 0 Å². The first-order chi connectivity index (χ1) is 14.5. The van der Waals surface area contributed by atoms with Gasteiger partial charge >= 0.3 is 41.9 Å². The number of fused-ring (bicyclic) bond motifs is 1. The molecule has 0 spiro atoms. The predicted molar refractivity (Wildman–Crippen MR) is 137 cm³/mol. The van der Waals surface area contributed by atoms with Gasteiger partial charge in [-0.2, -0.15) is 11.1 Å². The summed E-state index contributed by atoms with van der Waals surface area (Å²) < 4.78 is 0. The molecular weight excluding hydrogens is 468 g/mol. The van der Waals surface area contributed by atoms with Crippen molar-refractivity contribution in [2.45, 2.75) is 61.6 Å². The van der Waals surface area contributed by atoms with Gasteiger partial charge in [-0.15, -0.1) is 46.5 Å². The Labute approximate surface area is 205 Å². The van der Waals surface area contributed by atoms with Crippen molar-refractivity contribution < 1.29 is 23.3 Å². The van der Waals surface area contributed by atoms with E-state index in [1.807, 2.05) is 0 Å². The van der Waals surface area contributed by atoms with Crippen molar-refractivity contribution in [2.24, 2.45) is 5.92 Å². The largest absolute Gasteiger partial charge is 0.146 e. The van der Waals surface area contributed by atoms with Crippen LogP contribution in [-0.2, 0) is 23.3 Å². The minimum absolute atomic E-state index is 0.210. The fraction of sp³-hybridized carbons (Fsp3) is 0.345. The van der Waals surface area contributed by atoms with E-state index in [2.05, 4.69) is 116 Å². The number of benzene rings is 2. The average Bonchev–Trinajstić information content (AvgIpc) is 3.18. The molecule has 31 heavy (non-hydrogen) atoms. The van der Waals surface area contributed by atoms with E-state index in [9.17, 15) is 0 Å². The van der Waals surface area contributed by atoms with E-state index in [4.69, 9.17) is 0 Å². The van der Waals surface area contributed by atoms with E-state index in [0.29, 0.717) is 5.92 Å². The molecular formula is C29H36SiZr. The number of hydrogen-bond acceptors (Lipinski definition) is 0. The van der Waals surface area contributed by atoms with E-state index < -0.39 is 0 Å². The fourth-order valence-corrected chi connectivity index (χ4v) is 3.97. The van der Waals surface area contributed by atoms with Gasteiger partial charge in [-0.1, -0.05) is 88.1 Å². The molecule has 0 N–H and O–H groups in total. The standard InChI is InChI=1S/C18H17.C9H13.C2H6Si.Zr/c1-12-9-10-13(2)18-16(12)11-14(3)17(18)15-7-5-4-6-8-15;1-6-5-7(2)9(4)8(6)3;1-3-2;/h4-11H,1-3H3;6H,1-4H3;1-2H3;/q2*-1;;+2. The third kappa shape index (κ3) is 6.56. The molecule has 3 aromatic rings. The first-order valence-electron chi connectivity index (χ1n) is 11.1. The maximum absolute atomic E-state index is 3.36. The van der Waals surface area contributed by atoms with Crippen molar-refractivity contribution in [1.29, 1.82) is 0 Å². The number of hydrogen-bond donors (Lipinski definition) is 0. The quantitative estimate of drug-likeness (QED) is 0.230. The van der Waals surface area contributed by atoms with Crippen molar-refractivity contribution in [2.75, 3.05) is 0 Å². The van der Waals surface area contributed by atoms with E-state index in [0.717, 1.165) is 0 Å². The van der Waals surface area contributed by atoms with Crippen LogP contribution in [-0.4, -0.2) is 5.43 Å². The molecule has 0 saturated carbocycles. The van der Waals surface area contributed by atoms with Crippen molar-refractivity contribution in [1.82, 2.24) is 0 Å². The molecule has 0 saturated heterocycles. The molecule has 1 aliphatic rings. The van der Waals surface area contributed by atoms with Gasteiger partial charge in [0.15, 0.2) is 0 Å². The zero-order valence-corrected chi connectivity index (χ0v) is 24.2. The third-order valence-corrected chi connectivity index (χ3v) is 5.98. The zero-order chi connectivity index (χ0) is 23.3. The second-order valence-corrected chi connectivity index (χ2v) is 18.2. The van der Waals surface area contributed by atoms with Crippen molar-refractivity contribution >= 4 is 16.2 Å². The maximum atomic E-state index is 3.36. The molecule has 2 heteroatoms. The fourth-order valence-electron chi connectivity index (χ4n) is 3.97. The summed E-state index contributed by atoms with van der Waals surface area (Å²) in [6.07, 6.45) is 3.36. The van der Waals surface area contributed by atoms with Gasteiger partial charge in [-0.3, -0.25) is 6.08 Å². The molecule has 0 amide bonds. The molecule has 160 valence electrons. The summed E-state index contributed by atoms with van der Waals surface area (Å²) in [4.78, 5) is 0. The second kappa shape index (κ2) is 11.5. The summed E-state index contributed by atoms with van der Waals surface area (Å²) >= 11 is 1.74. The molecule has 0 fully saturated rings. The predicted octanol–water partition coefficient (Wildman–Crippen LogP) is 8.66. The van der Waals surface area contributed by atoms with Gasteiger partial charge < -0.3 is 0 Å². The molecule has 1 atom stereocenters. The molecule has 3 aromatic carbocycles. The second-order valence-electron chi connectivity index (χ2n) is 8.86. The van der Waals surface area contributed by atoms with E-state index in [1.165, 1.54) is 55.3 Å². The topological polar surface area (TPSA) is 0 Å². The van der Waals surface area contributed by atoms with Crippen LogP contribution in [0.4, 0.5) is 0 Å². The van der Waals surface area contributed by atoms with Crippen LogP contribution in [0.3, 0.4) is 0 Å². The minimum Gasteiger partial charge on any atom is -0.146 e. The minimum atomic E-state index is 0.210. The van der Waals surface area contributed by atoms with Crippen LogP contribution in [0.15, 0.2) is 65.3 Å². The average molecular weight is 504 g/mol. The van der Waals surface area contributed by atoms with E-state index in [-0.39, 0.29) is 5.43 Å². The zero-order valence-electron chi connectivity index (χ0n) is 20.7. The van der Waals surface area contributed by atoms with Gasteiger partial charge in [-0.25, -0.2) is 5.57 Å². The Balaban J connectivity index is 0.000000220. The summed E-state index contributed by atoms with van der Waals surface area (Å²) in [5, 5.41) is 2.81. The maximum Gasteiger partial charge on any atom is -0.0487 e. The summed E-state index contributed by atoms with van der Waals surface area (Å²) in [5.74, 6) is 0.560. The first-order valence-corrected chi connectivity index (χ1v) is 17.2. The molecule has 0 aliphatic heterocycles. The smallest absolute Gasteiger partial charge is 0.0487 e. The molecule has 1 unspecified atom stereocenters. The summed E-state index contributed by atoms with van der Waals surface area (Å²) in [6.45, 7) is 19.9. The Kier molecular flexibility index (Phi) is 9.59. The third-order valence-electron chi connectivity index (χ3n) is 5.98. The van der Waals surface area contributed by atoms with Crippen LogP contribution in [0.1, 0.15) is 44.4 Å². The normalized spacial score (nSPS) is 15.2. The van der Waals surface area contributed by atoms with Crippen LogP contribution < -0.4 is 0 Å². The Bertz CT molecular complexity index is 1120. The molecule has 0 bridgehead atoms. The van der Waals surface area contributed by atoms with Crippen LogP contribution >= 0.6 is 0 Å². The number of aryl methyl sites for hydroxylation is 3. The SMILES string of the molecule is CC1=[C-]C(C)C(C)=C1C.C[Si](C)=[Zr+2].Cc1[cH-]c2c(C)ccc(C)c2c1-c1ccccc1. The Morgan fingerprint density at radius 3 is 1.87 bits per heavy atom. The summed E-state index contributed by atoms with van der Waals surface area (Å²) in [6, 6.07) is 17.4. The molecule has 0 aromatic heterocycles. The Morgan fingerprint density at radius 2 is 1.42 bits per heavy atom. The van der Waals surface area contributed by atoms with Crippen molar-refractivity contribution in [3.63, 3.8) is 0 Å². The van der Waals surface area contributed by atoms with Crippen LogP contribution in [0.25, 0.3) is 21.9 Å². The molecule has 0 heterocycles. The van der Waals surface area contributed by atoms with E-state index >= 15 is 0 Å². The molecule has 0 nitrogen and oxygen atoms in total. The Hall–Kier alpha value is -1.37. The van der Waals surface area contributed by atoms with Gasteiger partial charge in [0.05, 0.1) is 0 Å². The molecule has 1 aliphatic carbocycles. The van der Waals surface area contributed by atoms with Gasteiger partial charge in [0.25, 0.3) is 0 Å². The molecule has 0 radical (unpaired) electrons. The Morgan fingerprint density at radius 1 is 0.871 bits per heavy atom. The van der Waals surface area contributed by atoms with Gasteiger partial charge in [0.2, 0.25) is 0 Å². The van der Waals surface area contributed by atoms with Crippen LogP contribution in [0.2, 0.25) is 13.1 Å². The summed E-state index contributed by atoms with van der Waals surface area (Å²) in [5.41, 5.74) is 11.3. The number of allylic oxidation sites excluding steroid dienone is 4. The van der Waals surface area contributed by atoms with E-state index in [1.54, 1.807) is 23.3 Å². The molecule has 4 rings (SSSR count). The van der Waals surface area contributed by atoms with Gasteiger partial charge in [0.1, 0.15) is 0 Å². The van der Waals surface area contributed by atoms with Crippen LogP contribution in [0, 0.1) is 32.8 Å². The monoisotopic (exact) mass is 502 g/mol. The van der Waals surface area contributed by atoms with Crippen LogP contribution in [0.5, 0.6) is 0 Å². The first kappa shape index (κ1) is 25.9. The van der Waals surface area contributed by atoms with Gasteiger partial charge in [-0.05, 0) is 6.92 Å². The number of rotatable bonds is 1. The van der Waals surface area contributed by atoms with Crippen molar-refractivity contribution in [3.05, 3.63) is 88.0 Å².